The van der Waals surface area contributed by atoms with Gasteiger partial charge in [0.1, 0.15) is 5.82 Å². The molecule has 0 radical (unpaired) electrons. The summed E-state index contributed by atoms with van der Waals surface area (Å²) in [6.07, 6.45) is 0. The topological polar surface area (TPSA) is 42.7 Å². The van der Waals surface area contributed by atoms with E-state index in [0.29, 0.717) is 10.2 Å². The van der Waals surface area contributed by atoms with Crippen LogP contribution in [0.15, 0.2) is 22.8 Å². The van der Waals surface area contributed by atoms with Crippen LogP contribution in [0.25, 0.3) is 0 Å². The molecule has 4 nitrogen and oxygen atoms in total. The van der Waals surface area contributed by atoms with Crippen molar-refractivity contribution >= 4 is 15.9 Å². The van der Waals surface area contributed by atoms with E-state index in [9.17, 15) is 4.39 Å². The third-order valence-corrected chi connectivity index (χ3v) is 3.42. The molecular formula is C12H14BrFN4. The third kappa shape index (κ3) is 2.30. The second-order valence-electron chi connectivity index (χ2n) is 4.14. The highest BCUT2D eigenvalue weighted by Crippen LogP contribution is 2.28. The summed E-state index contributed by atoms with van der Waals surface area (Å²) in [6, 6.07) is 4.77. The molecule has 96 valence electrons. The minimum atomic E-state index is -0.292. The van der Waals surface area contributed by atoms with Crippen molar-refractivity contribution in [1.82, 2.24) is 20.3 Å². The minimum absolute atomic E-state index is 0.243. The fourth-order valence-corrected chi connectivity index (χ4v) is 2.53. The molecule has 0 bridgehead atoms. The molecule has 1 atom stereocenters. The molecule has 0 spiro atoms. The molecule has 0 aliphatic carbocycles. The maximum Gasteiger partial charge on any atom is 0.153 e. The number of nitrogens with one attached hydrogen (secondary N) is 1. The maximum absolute atomic E-state index is 14.0. The standard InChI is InChI=1S/C12H14BrFN4/c1-7-4-5-9(14)8(6-7)10(15-2)11-12(13)16-17-18(11)3/h4-6,10,15H,1-3H3. The second-order valence-corrected chi connectivity index (χ2v) is 4.89. The molecule has 0 saturated heterocycles. The highest BCUT2D eigenvalue weighted by atomic mass is 79.9. The molecule has 0 fully saturated rings. The zero-order valence-electron chi connectivity index (χ0n) is 10.4. The first-order valence-electron chi connectivity index (χ1n) is 5.53. The van der Waals surface area contributed by atoms with Crippen LogP contribution < -0.4 is 5.32 Å². The fourth-order valence-electron chi connectivity index (χ4n) is 1.97. The van der Waals surface area contributed by atoms with Gasteiger partial charge >= 0.3 is 0 Å². The fraction of sp³-hybridized carbons (Fsp3) is 0.333. The number of hydrogen-bond donors (Lipinski definition) is 1. The summed E-state index contributed by atoms with van der Waals surface area (Å²) in [5, 5.41) is 10.9. The Balaban J connectivity index is 2.55. The van der Waals surface area contributed by atoms with Crippen LogP contribution in [0.4, 0.5) is 4.39 Å². The highest BCUT2D eigenvalue weighted by molar-refractivity contribution is 9.10. The van der Waals surface area contributed by atoms with Gasteiger partial charge in [-0.1, -0.05) is 22.9 Å². The molecule has 18 heavy (non-hydrogen) atoms. The molecule has 1 aromatic carbocycles. The van der Waals surface area contributed by atoms with Crippen LogP contribution in [0, 0.1) is 12.7 Å². The number of hydrogen-bond acceptors (Lipinski definition) is 3. The van der Waals surface area contributed by atoms with Crippen LogP contribution in [-0.4, -0.2) is 22.0 Å². The Morgan fingerprint density at radius 1 is 1.44 bits per heavy atom. The monoisotopic (exact) mass is 312 g/mol. The van der Waals surface area contributed by atoms with Gasteiger partial charge < -0.3 is 5.32 Å². The van der Waals surface area contributed by atoms with Gasteiger partial charge in [0.2, 0.25) is 0 Å². The number of benzene rings is 1. The van der Waals surface area contributed by atoms with E-state index in [1.165, 1.54) is 6.07 Å². The number of aromatic nitrogens is 3. The number of rotatable bonds is 3. The maximum atomic E-state index is 14.0. The normalized spacial score (nSPS) is 12.7. The van der Waals surface area contributed by atoms with Gasteiger partial charge in [0.25, 0.3) is 0 Å². The number of aryl methyl sites for hydroxylation is 2. The number of halogens is 2. The molecule has 1 aromatic heterocycles. The van der Waals surface area contributed by atoms with Crippen LogP contribution >= 0.6 is 15.9 Å². The predicted molar refractivity (Wildman–Crippen MR) is 70.7 cm³/mol. The molecule has 1 heterocycles. The van der Waals surface area contributed by atoms with Gasteiger partial charge in [0, 0.05) is 12.6 Å². The first-order valence-corrected chi connectivity index (χ1v) is 6.32. The van der Waals surface area contributed by atoms with Crippen LogP contribution in [0.3, 0.4) is 0 Å². The van der Waals surface area contributed by atoms with E-state index in [4.69, 9.17) is 0 Å². The Kier molecular flexibility index (Phi) is 3.77. The zero-order chi connectivity index (χ0) is 13.3. The minimum Gasteiger partial charge on any atom is -0.308 e. The van der Waals surface area contributed by atoms with E-state index in [1.54, 1.807) is 24.8 Å². The van der Waals surface area contributed by atoms with Crippen LogP contribution in [0.5, 0.6) is 0 Å². The summed E-state index contributed by atoms with van der Waals surface area (Å²) in [4.78, 5) is 0. The molecular weight excluding hydrogens is 299 g/mol. The van der Waals surface area contributed by atoms with E-state index in [-0.39, 0.29) is 11.9 Å². The Morgan fingerprint density at radius 2 is 2.17 bits per heavy atom. The van der Waals surface area contributed by atoms with E-state index >= 15 is 0 Å². The van der Waals surface area contributed by atoms with Crippen molar-refractivity contribution in [2.45, 2.75) is 13.0 Å². The molecule has 1 N–H and O–H groups in total. The van der Waals surface area contributed by atoms with Crippen molar-refractivity contribution in [2.75, 3.05) is 7.05 Å². The predicted octanol–water partition coefficient (Wildman–Crippen LogP) is 2.33. The van der Waals surface area contributed by atoms with Crippen molar-refractivity contribution in [3.05, 3.63) is 45.4 Å². The summed E-state index contributed by atoms with van der Waals surface area (Å²) in [7, 11) is 3.57. The lowest BCUT2D eigenvalue weighted by molar-refractivity contribution is 0.548. The molecule has 0 amide bonds. The van der Waals surface area contributed by atoms with Crippen molar-refractivity contribution in [3.63, 3.8) is 0 Å². The first kappa shape index (κ1) is 13.2. The molecule has 2 aromatic rings. The summed E-state index contributed by atoms with van der Waals surface area (Å²) >= 11 is 3.34. The summed E-state index contributed by atoms with van der Waals surface area (Å²) in [6.45, 7) is 1.94. The molecule has 0 aliphatic rings. The van der Waals surface area contributed by atoms with Crippen LogP contribution in [0.1, 0.15) is 22.9 Å². The lowest BCUT2D eigenvalue weighted by Gasteiger charge is -2.18. The van der Waals surface area contributed by atoms with Crippen molar-refractivity contribution < 1.29 is 4.39 Å². The van der Waals surface area contributed by atoms with Gasteiger partial charge in [-0.2, -0.15) is 0 Å². The summed E-state index contributed by atoms with van der Waals surface area (Å²) in [5.74, 6) is -0.243. The van der Waals surface area contributed by atoms with E-state index in [0.717, 1.165) is 11.3 Å². The van der Waals surface area contributed by atoms with Gasteiger partial charge in [-0.15, -0.1) is 5.10 Å². The largest absolute Gasteiger partial charge is 0.308 e. The van der Waals surface area contributed by atoms with Gasteiger partial charge in [-0.3, -0.25) is 0 Å². The Hall–Kier alpha value is -1.27. The average Bonchev–Trinajstić information content (AvgIpc) is 2.66. The van der Waals surface area contributed by atoms with Gasteiger partial charge in [-0.05, 0) is 36.0 Å². The Labute approximate surface area is 113 Å². The lowest BCUT2D eigenvalue weighted by atomic mass is 10.0. The molecule has 0 aliphatic heterocycles. The summed E-state index contributed by atoms with van der Waals surface area (Å²) < 4.78 is 16.2. The average molecular weight is 313 g/mol. The first-order chi connectivity index (χ1) is 8.54. The molecule has 1 unspecified atom stereocenters. The molecule has 0 saturated carbocycles. The second kappa shape index (κ2) is 5.16. The van der Waals surface area contributed by atoms with Crippen LogP contribution in [-0.2, 0) is 7.05 Å². The number of nitrogens with zero attached hydrogens (tertiary/aromatic N) is 3. The third-order valence-electron chi connectivity index (χ3n) is 2.85. The smallest absolute Gasteiger partial charge is 0.153 e. The van der Waals surface area contributed by atoms with E-state index in [1.807, 2.05) is 13.0 Å². The highest BCUT2D eigenvalue weighted by Gasteiger charge is 2.23. The molecule has 2 rings (SSSR count). The summed E-state index contributed by atoms with van der Waals surface area (Å²) in [5.41, 5.74) is 2.39. The lowest BCUT2D eigenvalue weighted by Crippen LogP contribution is -2.22. The van der Waals surface area contributed by atoms with Crippen LogP contribution in [0.2, 0.25) is 0 Å². The van der Waals surface area contributed by atoms with Crippen molar-refractivity contribution in [2.24, 2.45) is 7.05 Å². The van der Waals surface area contributed by atoms with Crippen molar-refractivity contribution in [3.8, 4) is 0 Å². The molecule has 6 heteroatoms. The van der Waals surface area contributed by atoms with Gasteiger partial charge in [0.15, 0.2) is 4.60 Å². The Bertz CT molecular complexity index is 548. The van der Waals surface area contributed by atoms with Crippen molar-refractivity contribution in [1.29, 1.82) is 0 Å². The van der Waals surface area contributed by atoms with E-state index in [2.05, 4.69) is 31.6 Å². The SMILES string of the molecule is CNC(c1cc(C)ccc1F)c1c(Br)nnn1C. The Morgan fingerprint density at radius 3 is 2.72 bits per heavy atom. The zero-order valence-corrected chi connectivity index (χ0v) is 12.0. The van der Waals surface area contributed by atoms with E-state index < -0.39 is 0 Å². The van der Waals surface area contributed by atoms with Gasteiger partial charge in [-0.25, -0.2) is 9.07 Å². The van der Waals surface area contributed by atoms with Gasteiger partial charge in [0.05, 0.1) is 11.7 Å². The quantitative estimate of drug-likeness (QED) is 0.946.